The monoisotopic (exact) mass is 333 g/mol. The van der Waals surface area contributed by atoms with Crippen molar-refractivity contribution in [1.82, 2.24) is 4.90 Å². The zero-order chi connectivity index (χ0) is 14.0. The van der Waals surface area contributed by atoms with Crippen LogP contribution in [0.4, 0.5) is 8.78 Å². The Balaban J connectivity index is 2.25. The minimum Gasteiger partial charge on any atom is -0.496 e. The van der Waals surface area contributed by atoms with Crippen molar-refractivity contribution in [3.63, 3.8) is 0 Å². The van der Waals surface area contributed by atoms with Gasteiger partial charge in [-0.1, -0.05) is 15.9 Å². The predicted octanol–water partition coefficient (Wildman–Crippen LogP) is 3.33. The third kappa shape index (κ3) is 3.43. The van der Waals surface area contributed by atoms with Crippen LogP contribution in [0.2, 0.25) is 0 Å². The van der Waals surface area contributed by atoms with E-state index in [4.69, 9.17) is 4.74 Å². The minimum atomic E-state index is -2.52. The van der Waals surface area contributed by atoms with Crippen LogP contribution in [0.1, 0.15) is 23.2 Å². The summed E-state index contributed by atoms with van der Waals surface area (Å²) in [6.45, 7) is -0.525. The first-order valence-electron chi connectivity index (χ1n) is 5.95. The number of ether oxygens (including phenoxy) is 1. The molecule has 0 radical (unpaired) electrons. The van der Waals surface area contributed by atoms with Gasteiger partial charge in [0.05, 0.1) is 19.2 Å². The molecule has 1 aliphatic carbocycles. The zero-order valence-corrected chi connectivity index (χ0v) is 12.0. The van der Waals surface area contributed by atoms with Crippen molar-refractivity contribution in [2.45, 2.75) is 25.3 Å². The molecule has 0 spiro atoms. The van der Waals surface area contributed by atoms with Crippen molar-refractivity contribution in [1.29, 1.82) is 0 Å². The van der Waals surface area contributed by atoms with E-state index in [-0.39, 0.29) is 6.04 Å². The molecule has 0 unspecified atom stereocenters. The van der Waals surface area contributed by atoms with Gasteiger partial charge in [-0.05, 0) is 31.0 Å². The van der Waals surface area contributed by atoms with Gasteiger partial charge in [-0.25, -0.2) is 8.78 Å². The fourth-order valence-corrected chi connectivity index (χ4v) is 2.27. The smallest absolute Gasteiger partial charge is 0.258 e. The third-order valence-corrected chi connectivity index (χ3v) is 3.47. The van der Waals surface area contributed by atoms with E-state index in [2.05, 4.69) is 15.9 Å². The number of carbonyl (C=O) groups excluding carboxylic acids is 1. The lowest BCUT2D eigenvalue weighted by atomic mass is 10.1. The first-order valence-corrected chi connectivity index (χ1v) is 6.75. The van der Waals surface area contributed by atoms with Gasteiger partial charge in [0.25, 0.3) is 12.3 Å². The van der Waals surface area contributed by atoms with Gasteiger partial charge in [-0.15, -0.1) is 0 Å². The van der Waals surface area contributed by atoms with Crippen molar-refractivity contribution in [3.05, 3.63) is 28.2 Å². The SMILES string of the molecule is COc1cc(Br)ccc1C(=O)N(CC(F)F)C1CC1. The zero-order valence-electron chi connectivity index (χ0n) is 10.4. The summed E-state index contributed by atoms with van der Waals surface area (Å²) >= 11 is 3.28. The summed E-state index contributed by atoms with van der Waals surface area (Å²) in [5.74, 6) is -0.00792. The molecule has 0 N–H and O–H groups in total. The van der Waals surface area contributed by atoms with Crippen LogP contribution >= 0.6 is 15.9 Å². The molecule has 3 nitrogen and oxygen atoms in total. The molecule has 1 aromatic rings. The second kappa shape index (κ2) is 5.86. The number of hydrogen-bond donors (Lipinski definition) is 0. The summed E-state index contributed by atoms with van der Waals surface area (Å²) in [6.07, 6.45) is -0.944. The summed E-state index contributed by atoms with van der Waals surface area (Å²) in [5, 5.41) is 0. The molecule has 19 heavy (non-hydrogen) atoms. The largest absolute Gasteiger partial charge is 0.496 e. The molecule has 0 heterocycles. The maximum Gasteiger partial charge on any atom is 0.258 e. The molecule has 0 aliphatic heterocycles. The van der Waals surface area contributed by atoms with Gasteiger partial charge >= 0.3 is 0 Å². The summed E-state index contributed by atoms with van der Waals surface area (Å²) in [4.78, 5) is 13.6. The maximum absolute atomic E-state index is 12.6. The van der Waals surface area contributed by atoms with Crippen LogP contribution in [0.15, 0.2) is 22.7 Å². The lowest BCUT2D eigenvalue weighted by molar-refractivity contribution is 0.0531. The molecule has 2 rings (SSSR count). The van der Waals surface area contributed by atoms with Gasteiger partial charge in [-0.2, -0.15) is 0 Å². The number of benzene rings is 1. The molecule has 104 valence electrons. The topological polar surface area (TPSA) is 29.5 Å². The summed E-state index contributed by atoms with van der Waals surface area (Å²) in [6, 6.07) is 4.88. The first kappa shape index (κ1) is 14.2. The van der Waals surface area contributed by atoms with Crippen molar-refractivity contribution in [2.24, 2.45) is 0 Å². The Bertz CT molecular complexity index is 478. The highest BCUT2D eigenvalue weighted by Crippen LogP contribution is 2.31. The molecule has 1 fully saturated rings. The average Bonchev–Trinajstić information content (AvgIpc) is 3.19. The standard InChI is InChI=1S/C13H14BrF2NO2/c1-19-11-6-8(14)2-5-10(11)13(18)17(7-12(15)16)9-3-4-9/h2,5-6,9,12H,3-4,7H2,1H3. The lowest BCUT2D eigenvalue weighted by Crippen LogP contribution is -2.37. The van der Waals surface area contributed by atoms with Crippen molar-refractivity contribution in [3.8, 4) is 5.75 Å². The van der Waals surface area contributed by atoms with Crippen LogP contribution in [0, 0.1) is 0 Å². The molecule has 0 aromatic heterocycles. The number of amides is 1. The van der Waals surface area contributed by atoms with E-state index < -0.39 is 18.9 Å². The molecule has 0 atom stereocenters. The Kier molecular flexibility index (Phi) is 4.39. The van der Waals surface area contributed by atoms with Gasteiger partial charge in [0, 0.05) is 10.5 Å². The molecule has 0 bridgehead atoms. The van der Waals surface area contributed by atoms with E-state index >= 15 is 0 Å². The van der Waals surface area contributed by atoms with Crippen molar-refractivity contribution < 1.29 is 18.3 Å². The van der Waals surface area contributed by atoms with E-state index in [1.165, 1.54) is 12.0 Å². The van der Waals surface area contributed by atoms with Gasteiger partial charge in [-0.3, -0.25) is 4.79 Å². The predicted molar refractivity (Wildman–Crippen MR) is 70.8 cm³/mol. The first-order chi connectivity index (χ1) is 9.02. The highest BCUT2D eigenvalue weighted by Gasteiger charge is 2.35. The van der Waals surface area contributed by atoms with E-state index in [0.29, 0.717) is 11.3 Å². The second-order valence-electron chi connectivity index (χ2n) is 4.42. The molecule has 1 saturated carbocycles. The van der Waals surface area contributed by atoms with E-state index in [1.807, 2.05) is 0 Å². The number of rotatable bonds is 5. The Morgan fingerprint density at radius 3 is 2.74 bits per heavy atom. The van der Waals surface area contributed by atoms with Gasteiger partial charge < -0.3 is 9.64 Å². The van der Waals surface area contributed by atoms with Crippen LogP contribution in [-0.4, -0.2) is 36.9 Å². The Morgan fingerprint density at radius 2 is 2.21 bits per heavy atom. The summed E-state index contributed by atoms with van der Waals surface area (Å²) in [7, 11) is 1.45. The van der Waals surface area contributed by atoms with E-state index in [9.17, 15) is 13.6 Å². The molecule has 0 saturated heterocycles. The number of carbonyl (C=O) groups is 1. The van der Waals surface area contributed by atoms with Gasteiger partial charge in [0.1, 0.15) is 5.75 Å². The van der Waals surface area contributed by atoms with E-state index in [1.54, 1.807) is 18.2 Å². The summed E-state index contributed by atoms with van der Waals surface area (Å²) in [5.41, 5.74) is 0.318. The van der Waals surface area contributed by atoms with Crippen molar-refractivity contribution in [2.75, 3.05) is 13.7 Å². The second-order valence-corrected chi connectivity index (χ2v) is 5.34. The van der Waals surface area contributed by atoms with E-state index in [0.717, 1.165) is 17.3 Å². The quantitative estimate of drug-likeness (QED) is 0.827. The maximum atomic E-state index is 12.6. The number of nitrogens with zero attached hydrogens (tertiary/aromatic N) is 1. The summed E-state index contributed by atoms with van der Waals surface area (Å²) < 4.78 is 31.0. The van der Waals surface area contributed by atoms with Gasteiger partial charge in [0.15, 0.2) is 0 Å². The highest BCUT2D eigenvalue weighted by molar-refractivity contribution is 9.10. The lowest BCUT2D eigenvalue weighted by Gasteiger charge is -2.23. The van der Waals surface area contributed by atoms with Crippen LogP contribution in [0.25, 0.3) is 0 Å². The normalized spacial score (nSPS) is 14.6. The Hall–Kier alpha value is -1.17. The molecule has 6 heteroatoms. The number of methoxy groups -OCH3 is 1. The van der Waals surface area contributed by atoms with Crippen molar-refractivity contribution >= 4 is 21.8 Å². The van der Waals surface area contributed by atoms with Gasteiger partial charge in [0.2, 0.25) is 0 Å². The number of alkyl halides is 2. The highest BCUT2D eigenvalue weighted by atomic mass is 79.9. The molecule has 1 amide bonds. The van der Waals surface area contributed by atoms with Crippen LogP contribution in [-0.2, 0) is 0 Å². The van der Waals surface area contributed by atoms with Crippen LogP contribution < -0.4 is 4.74 Å². The molecule has 1 aromatic carbocycles. The van der Waals surface area contributed by atoms with Crippen LogP contribution in [0.3, 0.4) is 0 Å². The van der Waals surface area contributed by atoms with Crippen LogP contribution in [0.5, 0.6) is 5.75 Å². The fourth-order valence-electron chi connectivity index (χ4n) is 1.93. The molecular formula is C13H14BrF2NO2. The average molecular weight is 334 g/mol. The third-order valence-electron chi connectivity index (χ3n) is 2.98. The fraction of sp³-hybridized carbons (Fsp3) is 0.462. The minimum absolute atomic E-state index is 0.0603. The molecular weight excluding hydrogens is 320 g/mol. The molecule has 1 aliphatic rings. The number of halogens is 3. The Labute approximate surface area is 118 Å². The Morgan fingerprint density at radius 1 is 1.53 bits per heavy atom. The number of hydrogen-bond acceptors (Lipinski definition) is 2.